The van der Waals surface area contributed by atoms with Crippen molar-refractivity contribution < 1.29 is 8.78 Å². The standard InChI is InChI=1S/C13H19F2N/c1-10-6-5-7-11(8-10)13(14,15)9-16-12(2,3)4/h5-8,16H,9H2,1-4H3. The van der Waals surface area contributed by atoms with E-state index >= 15 is 0 Å². The summed E-state index contributed by atoms with van der Waals surface area (Å²) in [4.78, 5) is 0. The molecule has 0 amide bonds. The number of hydrogen-bond acceptors (Lipinski definition) is 1. The molecule has 0 aliphatic carbocycles. The van der Waals surface area contributed by atoms with Gasteiger partial charge in [0.2, 0.25) is 0 Å². The summed E-state index contributed by atoms with van der Waals surface area (Å²) in [5.74, 6) is -2.82. The lowest BCUT2D eigenvalue weighted by Gasteiger charge is -2.25. The maximum Gasteiger partial charge on any atom is 0.285 e. The van der Waals surface area contributed by atoms with Crippen LogP contribution < -0.4 is 5.32 Å². The van der Waals surface area contributed by atoms with Gasteiger partial charge >= 0.3 is 0 Å². The summed E-state index contributed by atoms with van der Waals surface area (Å²) in [6, 6.07) is 6.48. The Morgan fingerprint density at radius 3 is 2.31 bits per heavy atom. The molecule has 1 N–H and O–H groups in total. The number of benzene rings is 1. The van der Waals surface area contributed by atoms with Gasteiger partial charge in [-0.05, 0) is 27.7 Å². The van der Waals surface area contributed by atoms with Gasteiger partial charge in [-0.15, -0.1) is 0 Å². The molecule has 0 unspecified atom stereocenters. The van der Waals surface area contributed by atoms with E-state index < -0.39 is 5.92 Å². The van der Waals surface area contributed by atoms with Crippen molar-refractivity contribution in [2.24, 2.45) is 0 Å². The van der Waals surface area contributed by atoms with E-state index in [4.69, 9.17) is 0 Å². The van der Waals surface area contributed by atoms with Crippen molar-refractivity contribution in [3.63, 3.8) is 0 Å². The smallest absolute Gasteiger partial charge is 0.285 e. The molecule has 90 valence electrons. The number of rotatable bonds is 3. The molecule has 16 heavy (non-hydrogen) atoms. The van der Waals surface area contributed by atoms with E-state index in [9.17, 15) is 8.78 Å². The fraction of sp³-hybridized carbons (Fsp3) is 0.538. The monoisotopic (exact) mass is 227 g/mol. The third kappa shape index (κ3) is 3.89. The van der Waals surface area contributed by atoms with Crippen LogP contribution in [0.3, 0.4) is 0 Å². The molecule has 0 saturated carbocycles. The lowest BCUT2D eigenvalue weighted by molar-refractivity contribution is -0.00865. The van der Waals surface area contributed by atoms with Crippen LogP contribution in [0.2, 0.25) is 0 Å². The summed E-state index contributed by atoms with van der Waals surface area (Å²) in [5, 5.41) is 2.83. The van der Waals surface area contributed by atoms with Crippen molar-refractivity contribution in [3.8, 4) is 0 Å². The van der Waals surface area contributed by atoms with Gasteiger partial charge in [-0.3, -0.25) is 0 Å². The average Bonchev–Trinajstić information content (AvgIpc) is 2.14. The number of aryl methyl sites for hydroxylation is 1. The lowest BCUT2D eigenvalue weighted by Crippen LogP contribution is -2.42. The first-order chi connectivity index (χ1) is 7.21. The summed E-state index contributed by atoms with van der Waals surface area (Å²) in [7, 11) is 0. The molecule has 0 radical (unpaired) electrons. The zero-order valence-corrected chi connectivity index (χ0v) is 10.3. The maximum absolute atomic E-state index is 13.8. The molecule has 0 bridgehead atoms. The van der Waals surface area contributed by atoms with Gasteiger partial charge in [0.15, 0.2) is 0 Å². The molecule has 0 aliphatic rings. The molecule has 1 rings (SSSR count). The van der Waals surface area contributed by atoms with E-state index in [-0.39, 0.29) is 17.6 Å². The Kier molecular flexibility index (Phi) is 3.68. The van der Waals surface area contributed by atoms with Crippen LogP contribution >= 0.6 is 0 Å². The molecule has 1 nitrogen and oxygen atoms in total. The Morgan fingerprint density at radius 1 is 1.19 bits per heavy atom. The van der Waals surface area contributed by atoms with E-state index in [0.29, 0.717) is 0 Å². The van der Waals surface area contributed by atoms with Crippen LogP contribution in [0.25, 0.3) is 0 Å². The Bertz CT molecular complexity index is 353. The fourth-order valence-electron chi connectivity index (χ4n) is 1.35. The van der Waals surface area contributed by atoms with Crippen LogP contribution in [0, 0.1) is 6.92 Å². The minimum atomic E-state index is -2.82. The lowest BCUT2D eigenvalue weighted by atomic mass is 10.0. The third-order valence-electron chi connectivity index (χ3n) is 2.28. The predicted octanol–water partition coefficient (Wildman–Crippen LogP) is 3.47. The van der Waals surface area contributed by atoms with Gasteiger partial charge in [-0.2, -0.15) is 8.78 Å². The van der Waals surface area contributed by atoms with Crippen molar-refractivity contribution in [2.75, 3.05) is 6.54 Å². The Balaban J connectivity index is 2.77. The quantitative estimate of drug-likeness (QED) is 0.833. The minimum Gasteiger partial charge on any atom is -0.306 e. The average molecular weight is 227 g/mol. The topological polar surface area (TPSA) is 12.0 Å². The maximum atomic E-state index is 13.8. The largest absolute Gasteiger partial charge is 0.306 e. The summed E-state index contributed by atoms with van der Waals surface area (Å²) < 4.78 is 27.6. The zero-order chi connectivity index (χ0) is 12.4. The van der Waals surface area contributed by atoms with Gasteiger partial charge < -0.3 is 5.32 Å². The Labute approximate surface area is 95.9 Å². The highest BCUT2D eigenvalue weighted by Crippen LogP contribution is 2.28. The molecular weight excluding hydrogens is 208 g/mol. The minimum absolute atomic E-state index is 0.0734. The van der Waals surface area contributed by atoms with Crippen LogP contribution in [0.15, 0.2) is 24.3 Å². The number of halogens is 2. The van der Waals surface area contributed by atoms with Gasteiger partial charge in [0.25, 0.3) is 5.92 Å². The first-order valence-electron chi connectivity index (χ1n) is 5.41. The molecule has 0 fully saturated rings. The van der Waals surface area contributed by atoms with Crippen LogP contribution in [-0.2, 0) is 5.92 Å². The molecule has 0 aliphatic heterocycles. The van der Waals surface area contributed by atoms with E-state index in [2.05, 4.69) is 5.32 Å². The van der Waals surface area contributed by atoms with Crippen LogP contribution in [-0.4, -0.2) is 12.1 Å². The van der Waals surface area contributed by atoms with Crippen LogP contribution in [0.1, 0.15) is 31.9 Å². The molecule has 0 atom stereocenters. The Morgan fingerprint density at radius 2 is 1.81 bits per heavy atom. The van der Waals surface area contributed by atoms with Crippen molar-refractivity contribution in [1.82, 2.24) is 5.32 Å². The first-order valence-corrected chi connectivity index (χ1v) is 5.41. The van der Waals surface area contributed by atoms with E-state index in [0.717, 1.165) is 5.56 Å². The first kappa shape index (κ1) is 13.1. The SMILES string of the molecule is Cc1cccc(C(F)(F)CNC(C)(C)C)c1. The second kappa shape index (κ2) is 4.50. The highest BCUT2D eigenvalue weighted by atomic mass is 19.3. The third-order valence-corrected chi connectivity index (χ3v) is 2.28. The molecule has 0 spiro atoms. The second-order valence-corrected chi connectivity index (χ2v) is 5.18. The van der Waals surface area contributed by atoms with Crippen molar-refractivity contribution in [2.45, 2.75) is 39.2 Å². The number of alkyl halides is 2. The molecule has 3 heteroatoms. The van der Waals surface area contributed by atoms with Crippen molar-refractivity contribution in [1.29, 1.82) is 0 Å². The fourth-order valence-corrected chi connectivity index (χ4v) is 1.35. The summed E-state index contributed by atoms with van der Waals surface area (Å²) >= 11 is 0. The molecular formula is C13H19F2N. The van der Waals surface area contributed by atoms with E-state index in [1.807, 2.05) is 33.8 Å². The molecule has 1 aromatic carbocycles. The number of hydrogen-bond donors (Lipinski definition) is 1. The van der Waals surface area contributed by atoms with E-state index in [1.54, 1.807) is 6.07 Å². The molecule has 0 aromatic heterocycles. The van der Waals surface area contributed by atoms with Crippen molar-refractivity contribution >= 4 is 0 Å². The zero-order valence-electron chi connectivity index (χ0n) is 10.3. The van der Waals surface area contributed by atoms with Gasteiger partial charge in [-0.25, -0.2) is 0 Å². The Hall–Kier alpha value is -0.960. The molecule has 0 heterocycles. The summed E-state index contributed by atoms with van der Waals surface area (Å²) in [5.41, 5.74) is 0.630. The summed E-state index contributed by atoms with van der Waals surface area (Å²) in [6.07, 6.45) is 0. The molecule has 0 saturated heterocycles. The van der Waals surface area contributed by atoms with Crippen LogP contribution in [0.4, 0.5) is 8.78 Å². The van der Waals surface area contributed by atoms with Gasteiger partial charge in [0.1, 0.15) is 0 Å². The van der Waals surface area contributed by atoms with Crippen molar-refractivity contribution in [3.05, 3.63) is 35.4 Å². The molecule has 1 aromatic rings. The highest BCUT2D eigenvalue weighted by molar-refractivity contribution is 5.26. The summed E-state index contributed by atoms with van der Waals surface area (Å²) in [6.45, 7) is 7.11. The van der Waals surface area contributed by atoms with Gasteiger partial charge in [-0.1, -0.05) is 29.8 Å². The van der Waals surface area contributed by atoms with Gasteiger partial charge in [0.05, 0.1) is 6.54 Å². The van der Waals surface area contributed by atoms with Gasteiger partial charge in [0, 0.05) is 11.1 Å². The van der Waals surface area contributed by atoms with E-state index in [1.165, 1.54) is 12.1 Å². The normalized spacial score (nSPS) is 12.9. The number of nitrogens with one attached hydrogen (secondary N) is 1. The predicted molar refractivity (Wildman–Crippen MR) is 62.8 cm³/mol. The van der Waals surface area contributed by atoms with Crippen LogP contribution in [0.5, 0.6) is 0 Å². The second-order valence-electron chi connectivity index (χ2n) is 5.18. The highest BCUT2D eigenvalue weighted by Gasteiger charge is 2.32.